The number of carbonyl (C=O) groups excluding carboxylic acids is 2. The van der Waals surface area contributed by atoms with Crippen molar-refractivity contribution >= 4 is 17.9 Å². The molecule has 0 aromatic carbocycles. The van der Waals surface area contributed by atoms with Gasteiger partial charge < -0.3 is 19.7 Å². The molecule has 0 heterocycles. The number of carboxylic acids is 1. The zero-order chi connectivity index (χ0) is 16.7. The Hall–Kier alpha value is -1.89. The van der Waals surface area contributed by atoms with Crippen LogP contribution in [0.15, 0.2) is 12.2 Å². The van der Waals surface area contributed by atoms with E-state index < -0.39 is 28.7 Å². The van der Waals surface area contributed by atoms with Gasteiger partial charge in [0, 0.05) is 17.6 Å². The highest BCUT2D eigenvalue weighted by molar-refractivity contribution is 5.90. The Kier molecular flexibility index (Phi) is 7.08. The van der Waals surface area contributed by atoms with Crippen molar-refractivity contribution in [1.29, 1.82) is 0 Å². The molecule has 2 N–H and O–H groups in total. The highest BCUT2D eigenvalue weighted by atomic mass is 16.6. The standard InChI is InChI=1S/C14H22O7/c1-13(2,7-15)8-21-12(19)14(3,4)9-20-11(18)6-5-10(16)17/h5-6,15H,7-9H2,1-4H3,(H,16,17)/b6-5-. The predicted octanol–water partition coefficient (Wildman–Crippen LogP) is 0.758. The Balaban J connectivity index is 4.38. The fourth-order valence-electron chi connectivity index (χ4n) is 1.000. The third-order valence-electron chi connectivity index (χ3n) is 2.51. The Morgan fingerprint density at radius 2 is 1.57 bits per heavy atom. The van der Waals surface area contributed by atoms with E-state index in [1.165, 1.54) is 13.8 Å². The van der Waals surface area contributed by atoms with Gasteiger partial charge in [0.2, 0.25) is 0 Å². The Morgan fingerprint density at radius 1 is 1.00 bits per heavy atom. The number of aliphatic hydroxyl groups is 1. The third kappa shape index (κ3) is 8.09. The molecule has 0 rings (SSSR count). The highest BCUT2D eigenvalue weighted by Crippen LogP contribution is 2.21. The molecule has 7 nitrogen and oxygen atoms in total. The molecule has 0 saturated heterocycles. The number of aliphatic hydroxyl groups excluding tert-OH is 1. The van der Waals surface area contributed by atoms with E-state index in [0.29, 0.717) is 6.08 Å². The fourth-order valence-corrected chi connectivity index (χ4v) is 1.000. The summed E-state index contributed by atoms with van der Waals surface area (Å²) < 4.78 is 9.89. The maximum Gasteiger partial charge on any atom is 0.331 e. The van der Waals surface area contributed by atoms with Gasteiger partial charge in [-0.05, 0) is 13.8 Å². The summed E-state index contributed by atoms with van der Waals surface area (Å²) in [4.78, 5) is 33.4. The summed E-state index contributed by atoms with van der Waals surface area (Å²) in [6.45, 7) is 6.22. The molecule has 0 aliphatic carbocycles. The first-order valence-corrected chi connectivity index (χ1v) is 6.36. The number of carbonyl (C=O) groups is 3. The van der Waals surface area contributed by atoms with Crippen LogP contribution in [0.25, 0.3) is 0 Å². The van der Waals surface area contributed by atoms with Gasteiger partial charge in [0.25, 0.3) is 0 Å². The molecule has 7 heteroatoms. The smallest absolute Gasteiger partial charge is 0.331 e. The molecule has 0 unspecified atom stereocenters. The summed E-state index contributed by atoms with van der Waals surface area (Å²) >= 11 is 0. The second kappa shape index (κ2) is 7.78. The van der Waals surface area contributed by atoms with Crippen LogP contribution in [0.1, 0.15) is 27.7 Å². The van der Waals surface area contributed by atoms with E-state index in [2.05, 4.69) is 0 Å². The van der Waals surface area contributed by atoms with E-state index in [-0.39, 0.29) is 19.8 Å². The van der Waals surface area contributed by atoms with Gasteiger partial charge in [0.1, 0.15) is 6.61 Å². The topological polar surface area (TPSA) is 110 Å². The Bertz CT molecular complexity index is 421. The zero-order valence-corrected chi connectivity index (χ0v) is 12.7. The Labute approximate surface area is 123 Å². The van der Waals surface area contributed by atoms with Gasteiger partial charge in [0.15, 0.2) is 0 Å². The largest absolute Gasteiger partial charge is 0.478 e. The van der Waals surface area contributed by atoms with E-state index in [0.717, 1.165) is 6.08 Å². The Morgan fingerprint density at radius 3 is 2.05 bits per heavy atom. The lowest BCUT2D eigenvalue weighted by Crippen LogP contribution is -2.35. The van der Waals surface area contributed by atoms with Crippen LogP contribution in [0.2, 0.25) is 0 Å². The SMILES string of the molecule is CC(C)(CO)COC(=O)C(C)(C)COC(=O)/C=C\C(=O)O. The van der Waals surface area contributed by atoms with Crippen molar-refractivity contribution < 1.29 is 34.1 Å². The van der Waals surface area contributed by atoms with Crippen LogP contribution in [0, 0.1) is 10.8 Å². The molecule has 0 aliphatic heterocycles. The average Bonchev–Trinajstić information content (AvgIpc) is 2.40. The molecular weight excluding hydrogens is 280 g/mol. The number of carboxylic acid groups (broad SMARTS) is 1. The molecule has 0 aromatic rings. The lowest BCUT2D eigenvalue weighted by Gasteiger charge is -2.26. The quantitative estimate of drug-likeness (QED) is 0.503. The molecule has 0 spiro atoms. The maximum atomic E-state index is 11.9. The lowest BCUT2D eigenvalue weighted by atomic mass is 9.94. The van der Waals surface area contributed by atoms with Crippen molar-refractivity contribution in [3.05, 3.63) is 12.2 Å². The van der Waals surface area contributed by atoms with Crippen molar-refractivity contribution in [1.82, 2.24) is 0 Å². The first-order valence-electron chi connectivity index (χ1n) is 6.36. The number of hydrogen-bond donors (Lipinski definition) is 2. The minimum absolute atomic E-state index is 0.0403. The van der Waals surface area contributed by atoms with Crippen LogP contribution in [-0.4, -0.2) is 47.9 Å². The van der Waals surface area contributed by atoms with Crippen molar-refractivity contribution in [2.45, 2.75) is 27.7 Å². The van der Waals surface area contributed by atoms with Gasteiger partial charge in [-0.15, -0.1) is 0 Å². The molecule has 0 saturated carbocycles. The number of rotatable bonds is 8. The van der Waals surface area contributed by atoms with Crippen molar-refractivity contribution in [2.24, 2.45) is 10.8 Å². The van der Waals surface area contributed by atoms with Crippen LogP contribution >= 0.6 is 0 Å². The fraction of sp³-hybridized carbons (Fsp3) is 0.643. The molecule has 0 aromatic heterocycles. The summed E-state index contributed by atoms with van der Waals surface area (Å²) in [6.07, 6.45) is 1.41. The second-order valence-electron chi connectivity index (χ2n) is 6.06. The molecule has 0 atom stereocenters. The van der Waals surface area contributed by atoms with E-state index in [9.17, 15) is 14.4 Å². The summed E-state index contributed by atoms with van der Waals surface area (Å²) in [5.74, 6) is -2.69. The van der Waals surface area contributed by atoms with Crippen LogP contribution in [0.4, 0.5) is 0 Å². The van der Waals surface area contributed by atoms with Gasteiger partial charge in [0.05, 0.1) is 18.6 Å². The van der Waals surface area contributed by atoms with Gasteiger partial charge in [-0.2, -0.15) is 0 Å². The van der Waals surface area contributed by atoms with E-state index in [4.69, 9.17) is 19.7 Å². The second-order valence-corrected chi connectivity index (χ2v) is 6.06. The first kappa shape index (κ1) is 19.1. The average molecular weight is 302 g/mol. The van der Waals surface area contributed by atoms with E-state index in [1.807, 2.05) is 0 Å². The number of esters is 2. The third-order valence-corrected chi connectivity index (χ3v) is 2.51. The molecule has 120 valence electrons. The minimum Gasteiger partial charge on any atom is -0.478 e. The summed E-state index contributed by atoms with van der Waals surface area (Å²) in [5.41, 5.74) is -1.62. The molecule has 0 amide bonds. The molecule has 0 aliphatic rings. The van der Waals surface area contributed by atoms with Gasteiger partial charge >= 0.3 is 17.9 Å². The molecule has 0 radical (unpaired) electrons. The molecular formula is C14H22O7. The maximum absolute atomic E-state index is 11.9. The van der Waals surface area contributed by atoms with E-state index >= 15 is 0 Å². The predicted molar refractivity (Wildman–Crippen MR) is 73.3 cm³/mol. The molecule has 21 heavy (non-hydrogen) atoms. The normalized spacial score (nSPS) is 12.2. The van der Waals surface area contributed by atoms with Gasteiger partial charge in [-0.3, -0.25) is 4.79 Å². The van der Waals surface area contributed by atoms with Crippen molar-refractivity contribution in [3.63, 3.8) is 0 Å². The van der Waals surface area contributed by atoms with Crippen LogP contribution < -0.4 is 0 Å². The molecule has 0 fully saturated rings. The minimum atomic E-state index is -1.27. The van der Waals surface area contributed by atoms with Gasteiger partial charge in [-0.25, -0.2) is 9.59 Å². The van der Waals surface area contributed by atoms with Crippen LogP contribution in [-0.2, 0) is 23.9 Å². The highest BCUT2D eigenvalue weighted by Gasteiger charge is 2.32. The molecule has 0 bridgehead atoms. The number of aliphatic carboxylic acids is 1. The summed E-state index contributed by atoms with van der Waals surface area (Å²) in [5, 5.41) is 17.4. The monoisotopic (exact) mass is 302 g/mol. The van der Waals surface area contributed by atoms with Gasteiger partial charge in [-0.1, -0.05) is 13.8 Å². The first-order chi connectivity index (χ1) is 9.50. The van der Waals surface area contributed by atoms with Crippen molar-refractivity contribution in [2.75, 3.05) is 19.8 Å². The van der Waals surface area contributed by atoms with E-state index in [1.54, 1.807) is 13.8 Å². The van der Waals surface area contributed by atoms with Crippen molar-refractivity contribution in [3.8, 4) is 0 Å². The zero-order valence-electron chi connectivity index (χ0n) is 12.7. The summed E-state index contributed by atoms with van der Waals surface area (Å²) in [7, 11) is 0. The number of hydrogen-bond acceptors (Lipinski definition) is 6. The lowest BCUT2D eigenvalue weighted by molar-refractivity contribution is -0.163. The summed E-state index contributed by atoms with van der Waals surface area (Å²) in [6, 6.07) is 0. The van der Waals surface area contributed by atoms with Crippen LogP contribution in [0.5, 0.6) is 0 Å². The van der Waals surface area contributed by atoms with Crippen LogP contribution in [0.3, 0.4) is 0 Å². The number of ether oxygens (including phenoxy) is 2.